The van der Waals surface area contributed by atoms with Crippen LogP contribution in [0.1, 0.15) is 34.1 Å². The van der Waals surface area contributed by atoms with Crippen molar-refractivity contribution in [2.75, 3.05) is 13.1 Å². The summed E-state index contributed by atoms with van der Waals surface area (Å²) in [5.41, 5.74) is 0. The maximum absolute atomic E-state index is 2.55. The average Bonchev–Trinajstić information content (AvgIpc) is 2.04. The molecular weight excluding hydrogens is 388 g/mol. The van der Waals surface area contributed by atoms with Gasteiger partial charge in [-0.1, -0.05) is 20.3 Å². The zero-order valence-electron chi connectivity index (χ0n) is 9.06. The van der Waals surface area contributed by atoms with Gasteiger partial charge in [0.2, 0.25) is 0 Å². The van der Waals surface area contributed by atoms with Gasteiger partial charge in [0.25, 0.3) is 0 Å². The van der Waals surface area contributed by atoms with E-state index in [2.05, 4.69) is 69.8 Å². The van der Waals surface area contributed by atoms with Gasteiger partial charge in [-0.2, -0.15) is 0 Å². The van der Waals surface area contributed by atoms with Gasteiger partial charge in [-0.15, -0.1) is 0 Å². The second-order valence-corrected chi connectivity index (χ2v) is 4.19. The van der Waals surface area contributed by atoms with E-state index < -0.39 is 0 Å². The maximum atomic E-state index is 2.55. The fourth-order valence-corrected chi connectivity index (χ4v) is 1.66. The molecule has 3 heteroatoms. The zero-order valence-corrected chi connectivity index (χ0v) is 13.4. The lowest BCUT2D eigenvalue weighted by Gasteiger charge is -2.44. The third-order valence-corrected chi connectivity index (χ3v) is 3.12. The van der Waals surface area contributed by atoms with Gasteiger partial charge in [0.05, 0.1) is 0 Å². The van der Waals surface area contributed by atoms with E-state index in [-0.39, 0.29) is 0 Å². The van der Waals surface area contributed by atoms with Crippen LogP contribution >= 0.6 is 37.2 Å². The molecule has 0 aliphatic carbocycles. The fraction of sp³-hybridized carbons (Fsp3) is 1.00. The molecule has 1 nitrogen and oxygen atoms in total. The topological polar surface area (TPSA) is 3.24 Å². The summed E-state index contributed by atoms with van der Waals surface area (Å²) < 4.78 is 0. The SMILES string of the molecule is CCC(C)C1CN(C(C)C)C1.II. The van der Waals surface area contributed by atoms with Gasteiger partial charge in [-0.3, -0.25) is 0 Å². The van der Waals surface area contributed by atoms with Crippen molar-refractivity contribution >= 4 is 37.2 Å². The van der Waals surface area contributed by atoms with Crippen molar-refractivity contribution in [2.24, 2.45) is 11.8 Å². The van der Waals surface area contributed by atoms with Crippen LogP contribution in [0.2, 0.25) is 0 Å². The highest BCUT2D eigenvalue weighted by Gasteiger charge is 2.31. The summed E-state index contributed by atoms with van der Waals surface area (Å²) in [7, 11) is 0. The molecule has 13 heavy (non-hydrogen) atoms. The minimum atomic E-state index is 0.760. The van der Waals surface area contributed by atoms with Crippen LogP contribution in [0.25, 0.3) is 0 Å². The molecule has 1 atom stereocenters. The normalized spacial score (nSPS) is 20.5. The molecule has 0 spiro atoms. The molecule has 1 fully saturated rings. The Labute approximate surface area is 106 Å². The van der Waals surface area contributed by atoms with Gasteiger partial charge in [0.15, 0.2) is 0 Å². The summed E-state index contributed by atoms with van der Waals surface area (Å²) in [5.74, 6) is 1.92. The van der Waals surface area contributed by atoms with Crippen LogP contribution in [0.15, 0.2) is 0 Å². The van der Waals surface area contributed by atoms with Gasteiger partial charge in [-0.05, 0) is 25.7 Å². The minimum absolute atomic E-state index is 0.760. The summed E-state index contributed by atoms with van der Waals surface area (Å²) in [4.78, 5) is 2.55. The van der Waals surface area contributed by atoms with E-state index in [1.807, 2.05) is 0 Å². The number of hydrogen-bond acceptors (Lipinski definition) is 1. The van der Waals surface area contributed by atoms with Crippen molar-refractivity contribution in [3.05, 3.63) is 0 Å². The smallest absolute Gasteiger partial charge is 0.00388 e. The Morgan fingerprint density at radius 1 is 1.23 bits per heavy atom. The van der Waals surface area contributed by atoms with E-state index in [1.165, 1.54) is 19.5 Å². The molecule has 1 rings (SSSR count). The van der Waals surface area contributed by atoms with E-state index in [9.17, 15) is 0 Å². The van der Waals surface area contributed by atoms with Crippen LogP contribution in [0.5, 0.6) is 0 Å². The van der Waals surface area contributed by atoms with Crippen LogP contribution in [-0.2, 0) is 0 Å². The minimum Gasteiger partial charge on any atom is -0.300 e. The predicted molar refractivity (Wildman–Crippen MR) is 77.7 cm³/mol. The van der Waals surface area contributed by atoms with E-state index in [0.717, 1.165) is 17.9 Å². The Morgan fingerprint density at radius 3 is 2.00 bits per heavy atom. The Bertz CT molecular complexity index is 122. The number of nitrogens with zero attached hydrogens (tertiary/aromatic N) is 1. The molecule has 1 saturated heterocycles. The third-order valence-electron chi connectivity index (χ3n) is 3.12. The number of hydrogen-bond donors (Lipinski definition) is 0. The van der Waals surface area contributed by atoms with Crippen molar-refractivity contribution in [1.29, 1.82) is 0 Å². The highest BCUT2D eigenvalue weighted by atomic mass is 128. The molecule has 0 radical (unpaired) electrons. The van der Waals surface area contributed by atoms with Crippen molar-refractivity contribution in [3.63, 3.8) is 0 Å². The Hall–Kier alpha value is 1.42. The van der Waals surface area contributed by atoms with Crippen LogP contribution in [0.3, 0.4) is 0 Å². The zero-order chi connectivity index (χ0) is 10.4. The van der Waals surface area contributed by atoms with Crippen molar-refractivity contribution in [1.82, 2.24) is 4.90 Å². The monoisotopic (exact) mass is 409 g/mol. The third kappa shape index (κ3) is 4.64. The standard InChI is InChI=1S/C10H21N.I2/c1-5-9(4)10-6-11(7-10)8(2)3;1-2/h8-10H,5-7H2,1-4H3;. The molecular formula is C10H21I2N. The predicted octanol–water partition coefficient (Wildman–Crippen LogP) is 4.14. The highest BCUT2D eigenvalue weighted by Crippen LogP contribution is 2.26. The molecule has 0 saturated carbocycles. The summed E-state index contributed by atoms with van der Waals surface area (Å²) in [6.45, 7) is 11.9. The van der Waals surface area contributed by atoms with Gasteiger partial charge in [-0.25, -0.2) is 0 Å². The molecule has 80 valence electrons. The van der Waals surface area contributed by atoms with E-state index in [4.69, 9.17) is 0 Å². The highest BCUT2D eigenvalue weighted by molar-refractivity contribution is 15.0. The van der Waals surface area contributed by atoms with Crippen LogP contribution in [0, 0.1) is 11.8 Å². The van der Waals surface area contributed by atoms with Crippen LogP contribution in [-0.4, -0.2) is 24.0 Å². The summed E-state index contributed by atoms with van der Waals surface area (Å²) in [6.07, 6.45) is 1.34. The molecule has 0 amide bonds. The second kappa shape index (κ2) is 7.68. The summed E-state index contributed by atoms with van der Waals surface area (Å²) in [5, 5.41) is 0. The van der Waals surface area contributed by atoms with Crippen LogP contribution in [0.4, 0.5) is 0 Å². The second-order valence-electron chi connectivity index (χ2n) is 4.19. The maximum Gasteiger partial charge on any atom is 0.00388 e. The van der Waals surface area contributed by atoms with Gasteiger partial charge in [0, 0.05) is 56.4 Å². The van der Waals surface area contributed by atoms with Gasteiger partial charge in [0.1, 0.15) is 0 Å². The first kappa shape index (κ1) is 14.4. The average molecular weight is 409 g/mol. The van der Waals surface area contributed by atoms with Crippen molar-refractivity contribution < 1.29 is 0 Å². The first-order chi connectivity index (χ1) is 6.15. The molecule has 0 aromatic rings. The molecule has 1 unspecified atom stereocenters. The largest absolute Gasteiger partial charge is 0.300 e. The quantitative estimate of drug-likeness (QED) is 0.634. The molecule has 0 bridgehead atoms. The molecule has 1 heterocycles. The van der Waals surface area contributed by atoms with Crippen molar-refractivity contribution in [3.8, 4) is 0 Å². The molecule has 0 N–H and O–H groups in total. The van der Waals surface area contributed by atoms with Gasteiger partial charge >= 0.3 is 0 Å². The first-order valence-electron chi connectivity index (χ1n) is 5.03. The van der Waals surface area contributed by atoms with E-state index >= 15 is 0 Å². The summed E-state index contributed by atoms with van der Waals surface area (Å²) >= 11 is 4.24. The molecule has 0 aromatic carbocycles. The van der Waals surface area contributed by atoms with Crippen molar-refractivity contribution in [2.45, 2.75) is 40.2 Å². The summed E-state index contributed by atoms with van der Waals surface area (Å²) in [6, 6.07) is 0.760. The lowest BCUT2D eigenvalue weighted by atomic mass is 9.85. The Kier molecular flexibility index (Phi) is 8.52. The van der Waals surface area contributed by atoms with E-state index in [1.54, 1.807) is 0 Å². The Balaban J connectivity index is 0.000000671. The first-order valence-corrected chi connectivity index (χ1v) is 11.3. The Morgan fingerprint density at radius 2 is 1.69 bits per heavy atom. The fourth-order valence-electron chi connectivity index (χ4n) is 1.66. The number of halogens is 2. The number of rotatable bonds is 3. The number of likely N-dealkylation sites (tertiary alicyclic amines) is 1. The lowest BCUT2D eigenvalue weighted by molar-refractivity contribution is 0.0350. The lowest BCUT2D eigenvalue weighted by Crippen LogP contribution is -2.52. The van der Waals surface area contributed by atoms with E-state index in [0.29, 0.717) is 0 Å². The molecule has 1 aliphatic heterocycles. The van der Waals surface area contributed by atoms with Crippen LogP contribution < -0.4 is 0 Å². The molecule has 1 aliphatic rings. The van der Waals surface area contributed by atoms with Gasteiger partial charge < -0.3 is 4.90 Å². The molecule has 0 aromatic heterocycles.